The quantitative estimate of drug-likeness (QED) is 0.868. The summed E-state index contributed by atoms with van der Waals surface area (Å²) in [5.41, 5.74) is 3.89. The van der Waals surface area contributed by atoms with Crippen molar-refractivity contribution in [3.05, 3.63) is 17.3 Å². The molecule has 3 heterocycles. The zero-order valence-electron chi connectivity index (χ0n) is 10.00. The molecule has 3 rings (SSSR count). The Balaban J connectivity index is 1.93. The lowest BCUT2D eigenvalue weighted by Crippen LogP contribution is -2.40. The molecule has 0 bridgehead atoms. The summed E-state index contributed by atoms with van der Waals surface area (Å²) in [7, 11) is 0. The van der Waals surface area contributed by atoms with E-state index in [1.165, 1.54) is 17.7 Å². The number of morpholine rings is 1. The van der Waals surface area contributed by atoms with E-state index < -0.39 is 5.97 Å². The van der Waals surface area contributed by atoms with Crippen LogP contribution in [0.2, 0.25) is 0 Å². The highest BCUT2D eigenvalue weighted by molar-refractivity contribution is 7.18. The fourth-order valence-electron chi connectivity index (χ4n) is 1.91. The van der Waals surface area contributed by atoms with E-state index in [-0.39, 0.29) is 5.56 Å². The molecule has 0 aliphatic carbocycles. The Morgan fingerprint density at radius 2 is 2.21 bits per heavy atom. The molecule has 100 valence electrons. The van der Waals surface area contributed by atoms with Crippen molar-refractivity contribution in [2.45, 2.75) is 0 Å². The van der Waals surface area contributed by atoms with Crippen LogP contribution < -0.4 is 5.43 Å². The Morgan fingerprint density at radius 1 is 1.42 bits per heavy atom. The number of ether oxygens (including phenoxy) is 1. The topological polar surface area (TPSA) is 87.6 Å². The Hall–Kier alpha value is -1.77. The van der Waals surface area contributed by atoms with Gasteiger partial charge in [0.15, 0.2) is 5.82 Å². The number of carboxylic acid groups (broad SMARTS) is 1. The third-order valence-electron chi connectivity index (χ3n) is 2.86. The van der Waals surface area contributed by atoms with Gasteiger partial charge >= 0.3 is 5.97 Å². The van der Waals surface area contributed by atoms with E-state index in [0.717, 1.165) is 17.8 Å². The molecule has 1 aliphatic heterocycles. The van der Waals surface area contributed by atoms with Crippen LogP contribution in [0.3, 0.4) is 0 Å². The number of carboxylic acids is 1. The van der Waals surface area contributed by atoms with Crippen molar-refractivity contribution in [3.63, 3.8) is 0 Å². The summed E-state index contributed by atoms with van der Waals surface area (Å²) in [4.78, 5) is 19.3. The second-order valence-corrected chi connectivity index (χ2v) is 4.95. The van der Waals surface area contributed by atoms with Gasteiger partial charge in [-0.3, -0.25) is 0 Å². The molecule has 0 saturated carbocycles. The van der Waals surface area contributed by atoms with Gasteiger partial charge in [0.2, 0.25) is 0 Å². The van der Waals surface area contributed by atoms with Gasteiger partial charge in [0.25, 0.3) is 0 Å². The number of hydrogen-bond acceptors (Lipinski definition) is 7. The van der Waals surface area contributed by atoms with Crippen LogP contribution in [-0.2, 0) is 4.74 Å². The number of hydrazine groups is 1. The van der Waals surface area contributed by atoms with Crippen molar-refractivity contribution in [1.29, 1.82) is 0 Å². The molecule has 7 nitrogen and oxygen atoms in total. The van der Waals surface area contributed by atoms with Gasteiger partial charge < -0.3 is 15.3 Å². The maximum Gasteiger partial charge on any atom is 0.338 e. The molecule has 0 aromatic carbocycles. The number of anilines is 1. The summed E-state index contributed by atoms with van der Waals surface area (Å²) in [5, 5.41) is 12.7. The van der Waals surface area contributed by atoms with Crippen molar-refractivity contribution in [2.24, 2.45) is 0 Å². The zero-order chi connectivity index (χ0) is 13.2. The van der Waals surface area contributed by atoms with Gasteiger partial charge in [0.1, 0.15) is 11.8 Å². The standard InChI is InChI=1S/C11H12N4O3S/c16-11(17)7-5-19-9-8(7)12-6-13-10(9)14-15-1-3-18-4-2-15/h5-6H,1-4H2,(H,16,17)(H,12,13,14). The predicted molar refractivity (Wildman–Crippen MR) is 70.4 cm³/mol. The first-order valence-corrected chi connectivity index (χ1v) is 6.68. The van der Waals surface area contributed by atoms with Crippen LogP contribution in [0.4, 0.5) is 5.82 Å². The molecule has 0 unspecified atom stereocenters. The van der Waals surface area contributed by atoms with E-state index >= 15 is 0 Å². The molecule has 1 fully saturated rings. The second-order valence-electron chi connectivity index (χ2n) is 4.07. The van der Waals surface area contributed by atoms with Crippen LogP contribution in [0.15, 0.2) is 11.7 Å². The summed E-state index contributed by atoms with van der Waals surface area (Å²) in [6.45, 7) is 2.88. The Kier molecular flexibility index (Phi) is 3.28. The van der Waals surface area contributed by atoms with Crippen LogP contribution >= 0.6 is 11.3 Å². The van der Waals surface area contributed by atoms with Gasteiger partial charge in [-0.2, -0.15) is 0 Å². The normalized spacial score (nSPS) is 16.6. The molecule has 1 saturated heterocycles. The van der Waals surface area contributed by atoms with Crippen molar-refractivity contribution >= 4 is 33.3 Å². The molecule has 2 N–H and O–H groups in total. The number of thiophene rings is 1. The van der Waals surface area contributed by atoms with Crippen molar-refractivity contribution in [3.8, 4) is 0 Å². The number of nitrogens with one attached hydrogen (secondary N) is 1. The third-order valence-corrected chi connectivity index (χ3v) is 3.84. The fourth-order valence-corrected chi connectivity index (χ4v) is 2.84. The molecule has 19 heavy (non-hydrogen) atoms. The molecule has 2 aromatic rings. The van der Waals surface area contributed by atoms with E-state index in [9.17, 15) is 4.79 Å². The van der Waals surface area contributed by atoms with Crippen LogP contribution in [0.1, 0.15) is 10.4 Å². The highest BCUT2D eigenvalue weighted by Gasteiger charge is 2.17. The van der Waals surface area contributed by atoms with Crippen LogP contribution in [0.25, 0.3) is 10.2 Å². The van der Waals surface area contributed by atoms with E-state index in [4.69, 9.17) is 9.84 Å². The number of aromatic carboxylic acids is 1. The molecule has 0 atom stereocenters. The molecular weight excluding hydrogens is 268 g/mol. The highest BCUT2D eigenvalue weighted by atomic mass is 32.1. The molecule has 0 amide bonds. The number of carbonyl (C=O) groups is 1. The summed E-state index contributed by atoms with van der Waals surface area (Å²) in [6.07, 6.45) is 1.38. The maximum atomic E-state index is 11.1. The lowest BCUT2D eigenvalue weighted by Gasteiger charge is -2.27. The lowest BCUT2D eigenvalue weighted by atomic mass is 10.3. The van der Waals surface area contributed by atoms with E-state index in [0.29, 0.717) is 24.5 Å². The number of aromatic nitrogens is 2. The SMILES string of the molecule is O=C(O)c1csc2c(NN3CCOCC3)ncnc12. The van der Waals surface area contributed by atoms with Crippen molar-refractivity contribution < 1.29 is 14.6 Å². The van der Waals surface area contributed by atoms with Gasteiger partial charge in [-0.15, -0.1) is 11.3 Å². The summed E-state index contributed by atoms with van der Waals surface area (Å²) >= 11 is 1.33. The number of hydrogen-bond donors (Lipinski definition) is 2. The summed E-state index contributed by atoms with van der Waals surface area (Å²) < 4.78 is 6.03. The average molecular weight is 280 g/mol. The van der Waals surface area contributed by atoms with Crippen molar-refractivity contribution in [2.75, 3.05) is 31.7 Å². The predicted octanol–water partition coefficient (Wildman–Crippen LogP) is 1.05. The monoisotopic (exact) mass is 280 g/mol. The molecule has 1 aliphatic rings. The van der Waals surface area contributed by atoms with E-state index in [2.05, 4.69) is 15.4 Å². The van der Waals surface area contributed by atoms with Crippen LogP contribution in [-0.4, -0.2) is 52.4 Å². The van der Waals surface area contributed by atoms with E-state index in [1.54, 1.807) is 5.38 Å². The molecule has 2 aromatic heterocycles. The fraction of sp³-hybridized carbons (Fsp3) is 0.364. The Morgan fingerprint density at radius 3 is 2.95 bits per heavy atom. The average Bonchev–Trinajstić information content (AvgIpc) is 2.85. The second kappa shape index (κ2) is 5.08. The summed E-state index contributed by atoms with van der Waals surface area (Å²) in [5.74, 6) is -0.327. The molecule has 8 heteroatoms. The van der Waals surface area contributed by atoms with Crippen LogP contribution in [0, 0.1) is 0 Å². The minimum atomic E-state index is -0.970. The molecular formula is C11H12N4O3S. The largest absolute Gasteiger partial charge is 0.478 e. The first-order chi connectivity index (χ1) is 9.25. The van der Waals surface area contributed by atoms with Gasteiger partial charge in [0.05, 0.1) is 23.5 Å². The Labute approximate surface area is 112 Å². The zero-order valence-corrected chi connectivity index (χ0v) is 10.8. The molecule has 0 spiro atoms. The van der Waals surface area contributed by atoms with Crippen molar-refractivity contribution in [1.82, 2.24) is 15.0 Å². The Bertz CT molecular complexity index is 609. The van der Waals surface area contributed by atoms with Crippen LogP contribution in [0.5, 0.6) is 0 Å². The maximum absolute atomic E-state index is 11.1. The first-order valence-electron chi connectivity index (χ1n) is 5.80. The van der Waals surface area contributed by atoms with Gasteiger partial charge in [0, 0.05) is 18.5 Å². The van der Waals surface area contributed by atoms with Gasteiger partial charge in [-0.05, 0) is 0 Å². The lowest BCUT2D eigenvalue weighted by molar-refractivity contribution is 0.0495. The summed E-state index contributed by atoms with van der Waals surface area (Å²) in [6, 6.07) is 0. The minimum absolute atomic E-state index is 0.215. The number of fused-ring (bicyclic) bond motifs is 1. The van der Waals surface area contributed by atoms with Gasteiger partial charge in [-0.1, -0.05) is 0 Å². The molecule has 0 radical (unpaired) electrons. The van der Waals surface area contributed by atoms with Gasteiger partial charge in [-0.25, -0.2) is 19.8 Å². The first kappa shape index (κ1) is 12.3. The number of rotatable bonds is 3. The highest BCUT2D eigenvalue weighted by Crippen LogP contribution is 2.29. The third kappa shape index (κ3) is 2.37. The smallest absolute Gasteiger partial charge is 0.338 e. The number of nitrogens with zero attached hydrogens (tertiary/aromatic N) is 3. The van der Waals surface area contributed by atoms with E-state index in [1.807, 2.05) is 5.01 Å². The minimum Gasteiger partial charge on any atom is -0.478 e.